The number of para-hydroxylation sites is 5. The minimum Gasteiger partial charge on any atom is -0.465 e. The van der Waals surface area contributed by atoms with Crippen LogP contribution in [0.25, 0.3) is 72.5 Å². The van der Waals surface area contributed by atoms with Gasteiger partial charge in [-0.25, -0.2) is 0 Å². The number of allylic oxidation sites excluding steroid dienone is 4. The third-order valence-electron chi connectivity index (χ3n) is 14.1. The lowest BCUT2D eigenvalue weighted by Gasteiger charge is -2.36. The van der Waals surface area contributed by atoms with Gasteiger partial charge < -0.3 is 4.42 Å². The zero-order valence-electron chi connectivity index (χ0n) is 37.0. The topological polar surface area (TPSA) is 31.8 Å². The number of fused-ring (bicyclic) bond motifs is 9. The number of nitrogens with zero attached hydrogens (tertiary/aromatic N) is 4. The number of hydrogen-bond donors (Lipinski definition) is 0. The van der Waals surface area contributed by atoms with E-state index < -0.39 is 0 Å². The Morgan fingerprint density at radius 3 is 2.03 bits per heavy atom. The van der Waals surface area contributed by atoms with Crippen molar-refractivity contribution in [1.82, 2.24) is 17.9 Å². The van der Waals surface area contributed by atoms with E-state index in [2.05, 4.69) is 206 Å². The van der Waals surface area contributed by atoms with Gasteiger partial charge in [-0.15, -0.1) is 0 Å². The van der Waals surface area contributed by atoms with E-state index >= 15 is 0 Å². The van der Waals surface area contributed by atoms with Crippen LogP contribution >= 0.6 is 0 Å². The molecule has 2 aliphatic rings. The van der Waals surface area contributed by atoms with E-state index in [0.29, 0.717) is 0 Å². The van der Waals surface area contributed by atoms with Crippen LogP contribution in [-0.2, 0) is 5.41 Å². The normalized spacial score (nSPS) is 13.8. The molecule has 0 aliphatic carbocycles. The molecule has 0 N–H and O–H groups in total. The molecule has 10 aromatic rings. The molecule has 6 heterocycles. The highest BCUT2D eigenvalue weighted by Gasteiger charge is 2.44. The molecule has 6 aromatic carbocycles. The molecule has 0 unspecified atom stereocenters. The second-order valence-electron chi connectivity index (χ2n) is 18.9. The summed E-state index contributed by atoms with van der Waals surface area (Å²) >= 11 is 0. The first kappa shape index (κ1) is 37.6. The van der Waals surface area contributed by atoms with E-state index in [0.717, 1.165) is 61.4 Å². The van der Waals surface area contributed by atoms with Gasteiger partial charge >= 0.3 is 0 Å². The summed E-state index contributed by atoms with van der Waals surface area (Å²) < 4.78 is 17.7. The summed E-state index contributed by atoms with van der Waals surface area (Å²) in [6.07, 6.45) is 1.99. The van der Waals surface area contributed by atoms with Crippen molar-refractivity contribution in [3.8, 4) is 11.4 Å². The average molecular weight is 815 g/mol. The maximum atomic E-state index is 7.51. The first-order valence-electron chi connectivity index (χ1n) is 22.2. The Kier molecular flexibility index (Phi) is 7.89. The lowest BCUT2D eigenvalue weighted by Crippen LogP contribution is -2.61. The summed E-state index contributed by atoms with van der Waals surface area (Å²) in [5, 5.41) is 3.65. The Hall–Kier alpha value is -7.11. The summed E-state index contributed by atoms with van der Waals surface area (Å²) in [7, 11) is 0. The monoisotopic (exact) mass is 814 g/mol. The van der Waals surface area contributed by atoms with Gasteiger partial charge in [-0.05, 0) is 79.9 Å². The molecule has 0 atom stereocenters. The minimum absolute atomic E-state index is 0.0714. The van der Waals surface area contributed by atoms with Crippen molar-refractivity contribution in [2.24, 2.45) is 0 Å². The molecule has 0 spiro atoms. The molecule has 4 aromatic heterocycles. The van der Waals surface area contributed by atoms with E-state index in [1.807, 2.05) is 6.08 Å². The van der Waals surface area contributed by atoms with Gasteiger partial charge in [-0.2, -0.15) is 0 Å². The van der Waals surface area contributed by atoms with Crippen molar-refractivity contribution < 1.29 is 4.42 Å². The van der Waals surface area contributed by atoms with Crippen molar-refractivity contribution in [2.75, 3.05) is 0 Å². The molecule has 12 rings (SSSR count). The van der Waals surface area contributed by atoms with Crippen LogP contribution in [0.4, 0.5) is 0 Å². The van der Waals surface area contributed by atoms with Gasteiger partial charge in [0.25, 0.3) is 6.71 Å². The molecule has 63 heavy (non-hydrogen) atoms. The van der Waals surface area contributed by atoms with E-state index in [1.54, 1.807) is 0 Å². The van der Waals surface area contributed by atoms with Crippen LogP contribution in [0.3, 0.4) is 0 Å². The predicted octanol–water partition coefficient (Wildman–Crippen LogP) is 10.2. The molecule has 0 saturated carbocycles. The van der Waals surface area contributed by atoms with Crippen molar-refractivity contribution in [3.05, 3.63) is 185 Å². The van der Waals surface area contributed by atoms with Gasteiger partial charge in [-0.1, -0.05) is 176 Å². The summed E-state index contributed by atoms with van der Waals surface area (Å²) in [5.74, 6) is 2.55. The second-order valence-corrected chi connectivity index (χ2v) is 18.9. The SMILES string of the molecule is C=C/C(C)=C(/B1c2cc(C(C)(C)C)cc3c2-n2c(n(-c4ccccc4)c4c(c5cccc6c7ccccc7n4c65)n4c5ccccc5oc1c24)=CB3c1c(C)cccc1C)C(=C)C. The third-order valence-corrected chi connectivity index (χ3v) is 14.1. The second kappa shape index (κ2) is 13.2. The molecule has 0 fully saturated rings. The van der Waals surface area contributed by atoms with Gasteiger partial charge in [0.05, 0.1) is 22.1 Å². The number of benzene rings is 6. The van der Waals surface area contributed by atoms with E-state index in [4.69, 9.17) is 11.0 Å². The van der Waals surface area contributed by atoms with Crippen LogP contribution < -0.4 is 27.5 Å². The molecule has 304 valence electrons. The van der Waals surface area contributed by atoms with E-state index in [1.165, 1.54) is 66.0 Å². The number of aryl methyl sites for hydroxylation is 2. The first-order chi connectivity index (χ1) is 30.5. The Balaban J connectivity index is 1.50. The van der Waals surface area contributed by atoms with Crippen LogP contribution in [0.5, 0.6) is 0 Å². The molecule has 0 radical (unpaired) electrons. The van der Waals surface area contributed by atoms with Crippen LogP contribution in [-0.4, -0.2) is 31.4 Å². The Morgan fingerprint density at radius 2 is 1.30 bits per heavy atom. The lowest BCUT2D eigenvalue weighted by atomic mass is 9.32. The van der Waals surface area contributed by atoms with Gasteiger partial charge in [-0.3, -0.25) is 17.9 Å². The number of aromatic nitrogens is 4. The van der Waals surface area contributed by atoms with Crippen molar-refractivity contribution >= 4 is 96.6 Å². The summed E-state index contributed by atoms with van der Waals surface area (Å²) in [6.45, 7) is 24.5. The van der Waals surface area contributed by atoms with Gasteiger partial charge in [0.1, 0.15) is 22.4 Å². The maximum absolute atomic E-state index is 7.51. The largest absolute Gasteiger partial charge is 0.465 e. The highest BCUT2D eigenvalue weighted by Crippen LogP contribution is 2.41. The number of rotatable bonds is 5. The van der Waals surface area contributed by atoms with Crippen molar-refractivity contribution in [1.29, 1.82) is 0 Å². The molecule has 5 nitrogen and oxygen atoms in total. The average Bonchev–Trinajstić information content (AvgIpc) is 3.75. The fourth-order valence-corrected chi connectivity index (χ4v) is 11.3. The fourth-order valence-electron chi connectivity index (χ4n) is 11.3. The Morgan fingerprint density at radius 1 is 0.667 bits per heavy atom. The zero-order valence-corrected chi connectivity index (χ0v) is 37.0. The van der Waals surface area contributed by atoms with E-state index in [-0.39, 0.29) is 18.8 Å². The molecule has 0 amide bonds. The van der Waals surface area contributed by atoms with Gasteiger partial charge in [0, 0.05) is 27.5 Å². The maximum Gasteiger partial charge on any atom is 0.295 e. The van der Waals surface area contributed by atoms with Crippen molar-refractivity contribution in [2.45, 2.75) is 53.9 Å². The highest BCUT2D eigenvalue weighted by molar-refractivity contribution is 6.99. The van der Waals surface area contributed by atoms with Crippen molar-refractivity contribution in [3.63, 3.8) is 0 Å². The minimum atomic E-state index is -0.291. The zero-order chi connectivity index (χ0) is 43.2. The Bertz CT molecular complexity index is 3800. The predicted molar refractivity (Wildman–Crippen MR) is 269 cm³/mol. The third kappa shape index (κ3) is 5.02. The van der Waals surface area contributed by atoms with E-state index in [9.17, 15) is 0 Å². The Labute approximate surface area is 368 Å². The standard InChI is InChI=1S/C56H48B2N4O/c1-10-34(4)48(33(2)3)58-43-31-37(56(7,8)9)30-42-52(43)62-47(32-57(42)49-35(5)20-18-21-36(49)6)59(38-22-12-11-13-23-38)54-51(61-45-28-16-17-29-46(45)63-53(58)55(61)62)41-26-19-25-40-39-24-14-15-27-44(39)60(54)50(40)41/h10-32H,1-2H2,3-9H3/b48-34+. The molecular formula is C56H48B2N4O. The van der Waals surface area contributed by atoms with Crippen LogP contribution in [0.1, 0.15) is 51.3 Å². The van der Waals surface area contributed by atoms with Gasteiger partial charge in [0.2, 0.25) is 6.71 Å². The highest BCUT2D eigenvalue weighted by atomic mass is 16.3. The molecule has 0 bridgehead atoms. The fraction of sp³-hybridized carbons (Fsp3) is 0.143. The lowest BCUT2D eigenvalue weighted by molar-refractivity contribution is 0.591. The number of hydrogen-bond acceptors (Lipinski definition) is 1. The summed E-state index contributed by atoms with van der Waals surface area (Å²) in [5.41, 5.74) is 22.4. The molecular weight excluding hydrogens is 766 g/mol. The molecule has 0 saturated heterocycles. The van der Waals surface area contributed by atoms with Crippen LogP contribution in [0, 0.1) is 13.8 Å². The van der Waals surface area contributed by atoms with Gasteiger partial charge in [0.15, 0.2) is 5.65 Å². The smallest absolute Gasteiger partial charge is 0.295 e. The molecule has 2 aliphatic heterocycles. The summed E-state index contributed by atoms with van der Waals surface area (Å²) in [4.78, 5) is 0. The first-order valence-corrected chi connectivity index (χ1v) is 22.2. The van der Waals surface area contributed by atoms with Crippen LogP contribution in [0.15, 0.2) is 168 Å². The summed E-state index contributed by atoms with van der Waals surface area (Å²) in [6, 6.07) is 47.0. The molecule has 7 heteroatoms. The quantitative estimate of drug-likeness (QED) is 0.126. The van der Waals surface area contributed by atoms with Crippen LogP contribution in [0.2, 0.25) is 0 Å².